The average molecular weight is 337 g/mol. The molecule has 7 heteroatoms. The Morgan fingerprint density at radius 3 is 2.84 bits per heavy atom. The highest BCUT2D eigenvalue weighted by atomic mass is 19.1. The van der Waals surface area contributed by atoms with Crippen molar-refractivity contribution < 1.29 is 9.50 Å². The third kappa shape index (κ3) is 2.92. The summed E-state index contributed by atoms with van der Waals surface area (Å²) in [6.07, 6.45) is 6.18. The number of fused-ring (bicyclic) bond motifs is 1. The standard InChI is InChI=1S/C18H16FN5O/c19-14-9-12(3-7-18(25)5-1-2-6-18)10-15-13(14)11-22-24(15)16-4-8-21-17(20)23-16/h4,8-11,25H,1-2,5-6H2,(H2,20,21,23). The zero-order valence-electron chi connectivity index (χ0n) is 13.4. The molecule has 0 unspecified atom stereocenters. The van der Waals surface area contributed by atoms with E-state index < -0.39 is 11.4 Å². The van der Waals surface area contributed by atoms with Gasteiger partial charge in [-0.15, -0.1) is 0 Å². The Bertz CT molecular complexity index is 1010. The lowest BCUT2D eigenvalue weighted by Crippen LogP contribution is -2.20. The quantitative estimate of drug-likeness (QED) is 0.664. The predicted molar refractivity (Wildman–Crippen MR) is 91.3 cm³/mol. The van der Waals surface area contributed by atoms with Crippen LogP contribution >= 0.6 is 0 Å². The zero-order chi connectivity index (χ0) is 17.4. The monoisotopic (exact) mass is 337 g/mol. The van der Waals surface area contributed by atoms with Gasteiger partial charge in [-0.2, -0.15) is 10.1 Å². The van der Waals surface area contributed by atoms with Gasteiger partial charge in [0.15, 0.2) is 5.82 Å². The number of nitrogens with two attached hydrogens (primary N) is 1. The van der Waals surface area contributed by atoms with E-state index >= 15 is 0 Å². The summed E-state index contributed by atoms with van der Waals surface area (Å²) in [5.41, 5.74) is 5.66. The van der Waals surface area contributed by atoms with Crippen LogP contribution in [0.5, 0.6) is 0 Å². The molecule has 1 fully saturated rings. The number of nitrogens with zero attached hydrogens (tertiary/aromatic N) is 4. The minimum absolute atomic E-state index is 0.112. The smallest absolute Gasteiger partial charge is 0.221 e. The fraction of sp³-hybridized carbons (Fsp3) is 0.278. The van der Waals surface area contributed by atoms with Crippen LogP contribution in [0.4, 0.5) is 10.3 Å². The largest absolute Gasteiger partial charge is 0.378 e. The van der Waals surface area contributed by atoms with Crippen molar-refractivity contribution in [2.45, 2.75) is 31.3 Å². The fourth-order valence-corrected chi connectivity index (χ4v) is 3.09. The third-order valence-corrected chi connectivity index (χ3v) is 4.38. The van der Waals surface area contributed by atoms with Crippen molar-refractivity contribution in [1.82, 2.24) is 19.7 Å². The van der Waals surface area contributed by atoms with Gasteiger partial charge < -0.3 is 10.8 Å². The number of hydrogen-bond acceptors (Lipinski definition) is 5. The first-order valence-corrected chi connectivity index (χ1v) is 8.06. The van der Waals surface area contributed by atoms with E-state index in [1.54, 1.807) is 12.1 Å². The van der Waals surface area contributed by atoms with Gasteiger partial charge in [-0.05, 0) is 37.8 Å². The van der Waals surface area contributed by atoms with Gasteiger partial charge in [-0.1, -0.05) is 11.8 Å². The molecule has 0 amide bonds. The van der Waals surface area contributed by atoms with Crippen LogP contribution in [-0.2, 0) is 0 Å². The van der Waals surface area contributed by atoms with Crippen LogP contribution in [0.15, 0.2) is 30.6 Å². The van der Waals surface area contributed by atoms with Gasteiger partial charge in [-0.25, -0.2) is 14.1 Å². The Kier molecular flexibility index (Phi) is 3.62. The van der Waals surface area contributed by atoms with Crippen molar-refractivity contribution in [3.63, 3.8) is 0 Å². The molecule has 1 aliphatic rings. The van der Waals surface area contributed by atoms with E-state index in [2.05, 4.69) is 26.9 Å². The number of rotatable bonds is 1. The molecule has 2 aromatic heterocycles. The van der Waals surface area contributed by atoms with Crippen molar-refractivity contribution in [3.05, 3.63) is 42.0 Å². The molecule has 1 aromatic carbocycles. The fourth-order valence-electron chi connectivity index (χ4n) is 3.09. The van der Waals surface area contributed by atoms with Crippen LogP contribution in [0.2, 0.25) is 0 Å². The number of aliphatic hydroxyl groups is 1. The highest BCUT2D eigenvalue weighted by Crippen LogP contribution is 2.29. The van der Waals surface area contributed by atoms with Crippen molar-refractivity contribution in [1.29, 1.82) is 0 Å². The number of benzene rings is 1. The maximum absolute atomic E-state index is 14.4. The lowest BCUT2D eigenvalue weighted by atomic mass is 10.0. The lowest BCUT2D eigenvalue weighted by molar-refractivity contribution is 0.110. The molecule has 25 heavy (non-hydrogen) atoms. The van der Waals surface area contributed by atoms with Crippen LogP contribution in [0.3, 0.4) is 0 Å². The van der Waals surface area contributed by atoms with Crippen LogP contribution in [-0.4, -0.2) is 30.5 Å². The summed E-state index contributed by atoms with van der Waals surface area (Å²) in [7, 11) is 0. The molecular weight excluding hydrogens is 321 g/mol. The van der Waals surface area contributed by atoms with Crippen LogP contribution in [0.1, 0.15) is 31.2 Å². The zero-order valence-corrected chi connectivity index (χ0v) is 13.4. The molecule has 0 spiro atoms. The summed E-state index contributed by atoms with van der Waals surface area (Å²) in [5, 5.41) is 14.9. The number of hydrogen-bond donors (Lipinski definition) is 2. The molecule has 0 aliphatic heterocycles. The summed E-state index contributed by atoms with van der Waals surface area (Å²) in [6.45, 7) is 0. The van der Waals surface area contributed by atoms with Gasteiger partial charge in [0, 0.05) is 17.8 Å². The van der Waals surface area contributed by atoms with Gasteiger partial charge in [0.2, 0.25) is 5.95 Å². The SMILES string of the molecule is Nc1nccc(-n2ncc3c(F)cc(C#CC4(O)CCCC4)cc32)n1. The molecule has 2 heterocycles. The van der Waals surface area contributed by atoms with Crippen LogP contribution in [0, 0.1) is 17.7 Å². The Labute approximate surface area is 143 Å². The first-order chi connectivity index (χ1) is 12.0. The molecule has 0 saturated heterocycles. The molecule has 1 saturated carbocycles. The molecule has 3 aromatic rings. The molecule has 1 aliphatic carbocycles. The molecule has 0 radical (unpaired) electrons. The first-order valence-electron chi connectivity index (χ1n) is 8.06. The Morgan fingerprint density at radius 2 is 2.08 bits per heavy atom. The molecular formula is C18H16FN5O. The van der Waals surface area contributed by atoms with E-state index in [1.807, 2.05) is 0 Å². The van der Waals surface area contributed by atoms with Gasteiger partial charge in [0.25, 0.3) is 0 Å². The van der Waals surface area contributed by atoms with Gasteiger partial charge in [0.1, 0.15) is 11.4 Å². The maximum atomic E-state index is 14.4. The number of nitrogen functional groups attached to an aromatic ring is 1. The van der Waals surface area contributed by atoms with Gasteiger partial charge >= 0.3 is 0 Å². The second-order valence-corrected chi connectivity index (χ2v) is 6.21. The minimum atomic E-state index is -0.965. The summed E-state index contributed by atoms with van der Waals surface area (Å²) in [5.74, 6) is 5.93. The van der Waals surface area contributed by atoms with E-state index in [-0.39, 0.29) is 5.95 Å². The average Bonchev–Trinajstić information content (AvgIpc) is 3.20. The minimum Gasteiger partial charge on any atom is -0.378 e. The van der Waals surface area contributed by atoms with E-state index in [4.69, 9.17) is 5.73 Å². The normalized spacial score (nSPS) is 15.9. The highest BCUT2D eigenvalue weighted by molar-refractivity contribution is 5.82. The number of anilines is 1. The first kappa shape index (κ1) is 15.5. The van der Waals surface area contributed by atoms with E-state index in [0.29, 0.717) is 35.1 Å². The highest BCUT2D eigenvalue weighted by Gasteiger charge is 2.28. The molecule has 4 rings (SSSR count). The summed E-state index contributed by atoms with van der Waals surface area (Å²) in [6, 6.07) is 4.73. The van der Waals surface area contributed by atoms with Gasteiger partial charge in [0.05, 0.1) is 17.1 Å². The van der Waals surface area contributed by atoms with Crippen molar-refractivity contribution in [3.8, 4) is 17.7 Å². The van der Waals surface area contributed by atoms with Crippen molar-refractivity contribution >= 4 is 16.9 Å². The van der Waals surface area contributed by atoms with Crippen molar-refractivity contribution in [2.24, 2.45) is 0 Å². The van der Waals surface area contributed by atoms with E-state index in [1.165, 1.54) is 23.1 Å². The summed E-state index contributed by atoms with van der Waals surface area (Å²) >= 11 is 0. The second-order valence-electron chi connectivity index (χ2n) is 6.21. The molecule has 0 atom stereocenters. The number of halogens is 1. The van der Waals surface area contributed by atoms with E-state index in [0.717, 1.165) is 12.8 Å². The third-order valence-electron chi connectivity index (χ3n) is 4.38. The van der Waals surface area contributed by atoms with Crippen LogP contribution in [0.25, 0.3) is 16.7 Å². The molecule has 0 bridgehead atoms. The maximum Gasteiger partial charge on any atom is 0.221 e. The van der Waals surface area contributed by atoms with Gasteiger partial charge in [-0.3, -0.25) is 0 Å². The molecule has 3 N–H and O–H groups in total. The predicted octanol–water partition coefficient (Wildman–Crippen LogP) is 2.19. The second kappa shape index (κ2) is 5.83. The van der Waals surface area contributed by atoms with Crippen LogP contribution < -0.4 is 5.73 Å². The summed E-state index contributed by atoms with van der Waals surface area (Å²) in [4.78, 5) is 7.96. The molecule has 126 valence electrons. The summed E-state index contributed by atoms with van der Waals surface area (Å²) < 4.78 is 15.9. The lowest BCUT2D eigenvalue weighted by Gasteiger charge is -2.12. The Hall–Kier alpha value is -2.98. The van der Waals surface area contributed by atoms with E-state index in [9.17, 15) is 9.50 Å². The Morgan fingerprint density at radius 1 is 1.28 bits per heavy atom. The Balaban J connectivity index is 1.81. The molecule has 6 nitrogen and oxygen atoms in total. The topological polar surface area (TPSA) is 89.8 Å². The number of aromatic nitrogens is 4. The van der Waals surface area contributed by atoms with Crippen molar-refractivity contribution in [2.75, 3.05) is 5.73 Å².